The van der Waals surface area contributed by atoms with Gasteiger partial charge in [-0.1, -0.05) is 48.5 Å². The van der Waals surface area contributed by atoms with Crippen molar-refractivity contribution in [3.63, 3.8) is 0 Å². The summed E-state index contributed by atoms with van der Waals surface area (Å²) < 4.78 is 0. The lowest BCUT2D eigenvalue weighted by Gasteiger charge is -2.29. The molecule has 1 atom stereocenters. The van der Waals surface area contributed by atoms with Crippen LogP contribution in [0.25, 0.3) is 0 Å². The summed E-state index contributed by atoms with van der Waals surface area (Å²) in [6.07, 6.45) is -0.120. The van der Waals surface area contributed by atoms with Crippen LogP contribution in [0.4, 0.5) is 17.1 Å². The van der Waals surface area contributed by atoms with Crippen molar-refractivity contribution in [3.8, 4) is 0 Å². The predicted octanol–water partition coefficient (Wildman–Crippen LogP) is 3.85. The molecule has 1 amide bonds. The number of carbonyl (C=O) groups excluding carboxylic acids is 1. The van der Waals surface area contributed by atoms with E-state index < -0.39 is 39.1 Å². The average Bonchev–Trinajstić information content (AvgIpc) is 2.79. The Balaban J connectivity index is 2.20. The van der Waals surface area contributed by atoms with Crippen molar-refractivity contribution in [2.45, 2.75) is 12.5 Å². The number of amides is 1. The Morgan fingerprint density at radius 1 is 0.844 bits per heavy atom. The quantitative estimate of drug-likeness (QED) is 0.418. The van der Waals surface area contributed by atoms with Crippen molar-refractivity contribution in [3.05, 3.63) is 110 Å². The van der Waals surface area contributed by atoms with Gasteiger partial charge in [-0.25, -0.2) is 4.79 Å². The van der Waals surface area contributed by atoms with Crippen LogP contribution in [-0.4, -0.2) is 32.9 Å². The lowest BCUT2D eigenvalue weighted by atomic mass is 10.0. The van der Waals surface area contributed by atoms with Gasteiger partial charge in [-0.3, -0.25) is 29.9 Å². The van der Waals surface area contributed by atoms with Crippen molar-refractivity contribution < 1.29 is 24.5 Å². The molecule has 0 unspecified atom stereocenters. The van der Waals surface area contributed by atoms with Gasteiger partial charge < -0.3 is 5.11 Å². The Hall–Kier alpha value is -4.60. The second-order valence-corrected chi connectivity index (χ2v) is 6.81. The first-order chi connectivity index (χ1) is 15.3. The highest BCUT2D eigenvalue weighted by atomic mass is 16.6. The topological polar surface area (TPSA) is 144 Å². The summed E-state index contributed by atoms with van der Waals surface area (Å²) in [6.45, 7) is 0. The molecule has 0 heterocycles. The number of non-ortho nitro benzene ring substituents is 2. The first-order valence-corrected chi connectivity index (χ1v) is 9.37. The van der Waals surface area contributed by atoms with E-state index in [4.69, 9.17) is 0 Å². The maximum Gasteiger partial charge on any atom is 0.327 e. The number of nitro benzene ring substituents is 2. The first kappa shape index (κ1) is 22.1. The third-order valence-corrected chi connectivity index (χ3v) is 4.70. The lowest BCUT2D eigenvalue weighted by molar-refractivity contribution is -0.394. The largest absolute Gasteiger partial charge is 0.480 e. The molecule has 0 saturated heterocycles. The summed E-state index contributed by atoms with van der Waals surface area (Å²) >= 11 is 0. The summed E-state index contributed by atoms with van der Waals surface area (Å²) in [7, 11) is 0. The van der Waals surface area contributed by atoms with E-state index in [1.165, 1.54) is 12.1 Å². The molecule has 10 heteroatoms. The van der Waals surface area contributed by atoms with E-state index in [2.05, 4.69) is 0 Å². The number of anilines is 1. The van der Waals surface area contributed by atoms with Crippen LogP contribution in [0.1, 0.15) is 15.9 Å². The molecule has 32 heavy (non-hydrogen) atoms. The van der Waals surface area contributed by atoms with Crippen LogP contribution in [0.2, 0.25) is 0 Å². The molecule has 3 aromatic rings. The fourth-order valence-corrected chi connectivity index (χ4v) is 3.21. The second-order valence-electron chi connectivity index (χ2n) is 6.81. The predicted molar refractivity (Wildman–Crippen MR) is 115 cm³/mol. The summed E-state index contributed by atoms with van der Waals surface area (Å²) in [5, 5.41) is 32.7. The van der Waals surface area contributed by atoms with E-state index in [9.17, 15) is 34.9 Å². The number of benzene rings is 3. The standard InChI is InChI=1S/C22H17N3O7/c26-21(16-9-5-2-6-10-16)23(20(22(27)28)11-15-7-3-1-4-8-15)17-12-18(24(29)30)14-19(13-17)25(31)32/h1-10,12-14,20H,11H2,(H,27,28)/t20-/m0/s1. The van der Waals surface area contributed by atoms with Gasteiger partial charge in [0.05, 0.1) is 21.6 Å². The molecule has 0 radical (unpaired) electrons. The van der Waals surface area contributed by atoms with Gasteiger partial charge in [0, 0.05) is 24.1 Å². The zero-order valence-corrected chi connectivity index (χ0v) is 16.5. The van der Waals surface area contributed by atoms with E-state index in [-0.39, 0.29) is 17.7 Å². The number of hydrogen-bond acceptors (Lipinski definition) is 6. The fraction of sp³-hybridized carbons (Fsp3) is 0.0909. The van der Waals surface area contributed by atoms with Crippen LogP contribution in [0.3, 0.4) is 0 Å². The Bertz CT molecular complexity index is 1130. The summed E-state index contributed by atoms with van der Waals surface area (Å²) in [5.41, 5.74) is -0.803. The Morgan fingerprint density at radius 3 is 1.81 bits per heavy atom. The third-order valence-electron chi connectivity index (χ3n) is 4.70. The molecule has 0 aliphatic rings. The maximum absolute atomic E-state index is 13.4. The number of nitro groups is 2. The highest BCUT2D eigenvalue weighted by Crippen LogP contribution is 2.31. The number of rotatable bonds is 8. The van der Waals surface area contributed by atoms with Crippen LogP contribution in [0, 0.1) is 20.2 Å². The number of aliphatic carboxylic acids is 1. The van der Waals surface area contributed by atoms with E-state index >= 15 is 0 Å². The van der Waals surface area contributed by atoms with Gasteiger partial charge >= 0.3 is 5.97 Å². The fourth-order valence-electron chi connectivity index (χ4n) is 3.21. The van der Waals surface area contributed by atoms with Crippen LogP contribution in [0.5, 0.6) is 0 Å². The van der Waals surface area contributed by atoms with Crippen molar-refractivity contribution in [1.82, 2.24) is 0 Å². The van der Waals surface area contributed by atoms with Gasteiger partial charge in [0.2, 0.25) is 0 Å². The van der Waals surface area contributed by atoms with Crippen LogP contribution in [0.15, 0.2) is 78.9 Å². The average molecular weight is 435 g/mol. The molecule has 0 saturated carbocycles. The summed E-state index contributed by atoms with van der Waals surface area (Å²) in [6, 6.07) is 17.4. The van der Waals surface area contributed by atoms with E-state index in [0.29, 0.717) is 5.56 Å². The number of carboxylic acids is 1. The number of nitrogens with zero attached hydrogens (tertiary/aromatic N) is 3. The molecule has 0 aliphatic carbocycles. The van der Waals surface area contributed by atoms with Crippen LogP contribution >= 0.6 is 0 Å². The minimum Gasteiger partial charge on any atom is -0.480 e. The monoisotopic (exact) mass is 435 g/mol. The van der Waals surface area contributed by atoms with Gasteiger partial charge in [-0.2, -0.15) is 0 Å². The highest BCUT2D eigenvalue weighted by Gasteiger charge is 2.34. The van der Waals surface area contributed by atoms with Gasteiger partial charge in [-0.15, -0.1) is 0 Å². The number of carboxylic acid groups (broad SMARTS) is 1. The second kappa shape index (κ2) is 9.47. The number of carbonyl (C=O) groups is 2. The molecule has 3 aromatic carbocycles. The lowest BCUT2D eigenvalue weighted by Crippen LogP contribution is -2.47. The van der Waals surface area contributed by atoms with Crippen LogP contribution in [-0.2, 0) is 11.2 Å². The Kier molecular flexibility index (Phi) is 6.54. The molecule has 1 N–H and O–H groups in total. The molecular formula is C22H17N3O7. The summed E-state index contributed by atoms with van der Waals surface area (Å²) in [4.78, 5) is 47.5. The Labute approximate surface area is 181 Å². The normalized spacial score (nSPS) is 11.4. The number of hydrogen-bond donors (Lipinski definition) is 1. The minimum absolute atomic E-state index is 0.120. The smallest absolute Gasteiger partial charge is 0.327 e. The highest BCUT2D eigenvalue weighted by molar-refractivity contribution is 6.09. The molecule has 0 spiro atoms. The van der Waals surface area contributed by atoms with Gasteiger partial charge in [0.1, 0.15) is 6.04 Å². The van der Waals surface area contributed by atoms with Crippen molar-refractivity contribution in [2.24, 2.45) is 0 Å². The molecule has 3 rings (SSSR count). The van der Waals surface area contributed by atoms with E-state index in [1.54, 1.807) is 48.5 Å². The van der Waals surface area contributed by atoms with Gasteiger partial charge in [-0.05, 0) is 17.7 Å². The van der Waals surface area contributed by atoms with Crippen molar-refractivity contribution in [1.29, 1.82) is 0 Å². The van der Waals surface area contributed by atoms with Gasteiger partial charge in [0.25, 0.3) is 17.3 Å². The zero-order valence-electron chi connectivity index (χ0n) is 16.5. The third kappa shape index (κ3) is 4.93. The van der Waals surface area contributed by atoms with Crippen molar-refractivity contribution >= 4 is 28.9 Å². The molecule has 0 fully saturated rings. The van der Waals surface area contributed by atoms with E-state index in [1.807, 2.05) is 0 Å². The molecule has 162 valence electrons. The first-order valence-electron chi connectivity index (χ1n) is 9.37. The molecule has 10 nitrogen and oxygen atoms in total. The maximum atomic E-state index is 13.4. The minimum atomic E-state index is -1.48. The Morgan fingerprint density at radius 2 is 1.34 bits per heavy atom. The molecule has 0 bridgehead atoms. The van der Waals surface area contributed by atoms with Crippen molar-refractivity contribution in [2.75, 3.05) is 4.90 Å². The summed E-state index contributed by atoms with van der Waals surface area (Å²) in [5.74, 6) is -2.13. The molecular weight excluding hydrogens is 418 g/mol. The SMILES string of the molecule is O=C(O)[C@H](Cc1ccccc1)N(C(=O)c1ccccc1)c1cc([N+](=O)[O-])cc([N+](=O)[O-])c1. The van der Waals surface area contributed by atoms with Gasteiger partial charge in [0.15, 0.2) is 0 Å². The molecule has 0 aliphatic heterocycles. The van der Waals surface area contributed by atoms with Crippen LogP contribution < -0.4 is 4.90 Å². The molecule has 0 aromatic heterocycles. The van der Waals surface area contributed by atoms with E-state index in [0.717, 1.165) is 23.1 Å². The zero-order chi connectivity index (χ0) is 23.3.